The molecule has 0 saturated heterocycles. The van der Waals surface area contributed by atoms with Crippen LogP contribution in [0.3, 0.4) is 0 Å². The summed E-state index contributed by atoms with van der Waals surface area (Å²) in [5.41, 5.74) is 2.00. The Hall–Kier alpha value is -2.68. The topological polar surface area (TPSA) is 42.0 Å². The number of carbonyl (C=O) groups excluding carboxylic acids is 1. The molecule has 104 valence electrons. The van der Waals surface area contributed by atoms with E-state index < -0.39 is 0 Å². The number of nitrogens with zero attached hydrogens (tertiary/aromatic N) is 1. The number of carbonyl (C=O) groups is 1. The summed E-state index contributed by atoms with van der Waals surface area (Å²) < 4.78 is 0. The molecule has 3 nitrogen and oxygen atoms in total. The number of hydrogen-bond donors (Lipinski definition) is 1. The molecule has 0 bridgehead atoms. The summed E-state index contributed by atoms with van der Waals surface area (Å²) in [4.78, 5) is 16.1. The van der Waals surface area contributed by atoms with Crippen molar-refractivity contribution >= 4 is 22.2 Å². The van der Waals surface area contributed by atoms with Crippen molar-refractivity contribution in [2.45, 2.75) is 6.42 Å². The highest BCUT2D eigenvalue weighted by atomic mass is 16.1. The quantitative estimate of drug-likeness (QED) is 0.776. The molecule has 1 aromatic heterocycles. The van der Waals surface area contributed by atoms with Gasteiger partial charge in [-0.15, -0.1) is 0 Å². The van der Waals surface area contributed by atoms with Crippen LogP contribution in [0.5, 0.6) is 0 Å². The Labute approximate surface area is 123 Å². The molecular weight excluding hydrogens is 260 g/mol. The van der Waals surface area contributed by atoms with Crippen LogP contribution in [0.15, 0.2) is 67.0 Å². The first-order chi connectivity index (χ1) is 10.3. The highest BCUT2D eigenvalue weighted by Gasteiger charge is 2.04. The SMILES string of the molecule is O=C(CNc1ccccc1)Cc1ccc2cnccc2c1. The van der Waals surface area contributed by atoms with Crippen molar-refractivity contribution in [2.24, 2.45) is 0 Å². The van der Waals surface area contributed by atoms with Crippen LogP contribution in [0.2, 0.25) is 0 Å². The zero-order valence-electron chi connectivity index (χ0n) is 11.6. The highest BCUT2D eigenvalue weighted by molar-refractivity contribution is 5.87. The number of rotatable bonds is 5. The van der Waals surface area contributed by atoms with E-state index in [1.54, 1.807) is 6.20 Å². The Bertz CT molecular complexity index is 753. The summed E-state index contributed by atoms with van der Waals surface area (Å²) in [6.45, 7) is 0.346. The van der Waals surface area contributed by atoms with Crippen molar-refractivity contribution in [3.63, 3.8) is 0 Å². The van der Waals surface area contributed by atoms with Crippen molar-refractivity contribution in [3.05, 3.63) is 72.6 Å². The molecule has 0 aliphatic heterocycles. The fraction of sp³-hybridized carbons (Fsp3) is 0.111. The summed E-state index contributed by atoms with van der Waals surface area (Å²) in [5.74, 6) is 0.173. The Morgan fingerprint density at radius 1 is 1.00 bits per heavy atom. The van der Waals surface area contributed by atoms with E-state index in [1.165, 1.54) is 0 Å². The zero-order valence-corrected chi connectivity index (χ0v) is 11.6. The molecule has 0 spiro atoms. The van der Waals surface area contributed by atoms with Gasteiger partial charge >= 0.3 is 0 Å². The summed E-state index contributed by atoms with van der Waals surface area (Å²) in [5, 5.41) is 5.35. The number of aromatic nitrogens is 1. The minimum absolute atomic E-state index is 0.173. The van der Waals surface area contributed by atoms with Crippen LogP contribution >= 0.6 is 0 Å². The van der Waals surface area contributed by atoms with Crippen molar-refractivity contribution in [1.29, 1.82) is 0 Å². The molecule has 1 N–H and O–H groups in total. The number of benzene rings is 2. The van der Waals surface area contributed by atoms with Gasteiger partial charge in [-0.3, -0.25) is 9.78 Å². The third kappa shape index (κ3) is 3.45. The Morgan fingerprint density at radius 3 is 2.71 bits per heavy atom. The number of para-hydroxylation sites is 1. The van der Waals surface area contributed by atoms with E-state index >= 15 is 0 Å². The van der Waals surface area contributed by atoms with Crippen LogP contribution in [-0.2, 0) is 11.2 Å². The molecule has 0 saturated carbocycles. The first-order valence-electron chi connectivity index (χ1n) is 6.94. The highest BCUT2D eigenvalue weighted by Crippen LogP contribution is 2.15. The van der Waals surface area contributed by atoms with Crippen LogP contribution in [0.4, 0.5) is 5.69 Å². The summed E-state index contributed by atoms with van der Waals surface area (Å²) in [7, 11) is 0. The molecule has 0 radical (unpaired) electrons. The monoisotopic (exact) mass is 276 g/mol. The van der Waals surface area contributed by atoms with Crippen LogP contribution in [0, 0.1) is 0 Å². The minimum Gasteiger partial charge on any atom is -0.378 e. The molecule has 0 aliphatic carbocycles. The maximum absolute atomic E-state index is 12.0. The first-order valence-corrected chi connectivity index (χ1v) is 6.94. The van der Waals surface area contributed by atoms with Crippen LogP contribution < -0.4 is 5.32 Å². The van der Waals surface area contributed by atoms with Crippen molar-refractivity contribution in [1.82, 2.24) is 4.98 Å². The number of anilines is 1. The first kappa shape index (κ1) is 13.3. The van der Waals surface area contributed by atoms with Gasteiger partial charge in [-0.2, -0.15) is 0 Å². The van der Waals surface area contributed by atoms with Gasteiger partial charge in [-0.05, 0) is 29.1 Å². The van der Waals surface area contributed by atoms with Gasteiger partial charge in [0.2, 0.25) is 0 Å². The lowest BCUT2D eigenvalue weighted by Gasteiger charge is -2.06. The molecule has 2 aromatic carbocycles. The maximum Gasteiger partial charge on any atom is 0.156 e. The van der Waals surface area contributed by atoms with Crippen LogP contribution in [-0.4, -0.2) is 17.3 Å². The van der Waals surface area contributed by atoms with Crippen molar-refractivity contribution in [2.75, 3.05) is 11.9 Å². The van der Waals surface area contributed by atoms with E-state index in [2.05, 4.69) is 16.4 Å². The lowest BCUT2D eigenvalue weighted by molar-refractivity contribution is -0.116. The molecule has 0 aliphatic rings. The molecule has 1 heterocycles. The summed E-state index contributed by atoms with van der Waals surface area (Å²) in [6.07, 6.45) is 4.04. The molecule has 0 unspecified atom stereocenters. The Morgan fingerprint density at radius 2 is 1.86 bits per heavy atom. The second-order valence-electron chi connectivity index (χ2n) is 4.99. The Balaban J connectivity index is 1.63. The molecule has 21 heavy (non-hydrogen) atoms. The molecule has 3 heteroatoms. The van der Waals surface area contributed by atoms with Gasteiger partial charge < -0.3 is 5.32 Å². The van der Waals surface area contributed by atoms with Gasteiger partial charge in [0.15, 0.2) is 5.78 Å². The average Bonchev–Trinajstić information content (AvgIpc) is 2.54. The van der Waals surface area contributed by atoms with Gasteiger partial charge in [0, 0.05) is 29.9 Å². The molecule has 3 rings (SSSR count). The molecule has 0 atom stereocenters. The van der Waals surface area contributed by atoms with Gasteiger partial charge in [-0.1, -0.05) is 36.4 Å². The second kappa shape index (κ2) is 6.18. The average molecular weight is 276 g/mol. The molecule has 0 amide bonds. The fourth-order valence-corrected chi connectivity index (χ4v) is 2.29. The third-order valence-corrected chi connectivity index (χ3v) is 3.37. The lowest BCUT2D eigenvalue weighted by atomic mass is 10.0. The number of fused-ring (bicyclic) bond motifs is 1. The number of nitrogens with one attached hydrogen (secondary N) is 1. The third-order valence-electron chi connectivity index (χ3n) is 3.37. The number of ketones is 1. The van der Waals surface area contributed by atoms with Crippen LogP contribution in [0.1, 0.15) is 5.56 Å². The van der Waals surface area contributed by atoms with E-state index in [0.29, 0.717) is 13.0 Å². The number of pyridine rings is 1. The zero-order chi connectivity index (χ0) is 14.5. The number of hydrogen-bond acceptors (Lipinski definition) is 3. The largest absolute Gasteiger partial charge is 0.378 e. The predicted octanol–water partition coefficient (Wildman–Crippen LogP) is 3.46. The molecule has 3 aromatic rings. The second-order valence-corrected chi connectivity index (χ2v) is 4.99. The van der Waals surface area contributed by atoms with E-state index in [-0.39, 0.29) is 5.78 Å². The van der Waals surface area contributed by atoms with Gasteiger partial charge in [0.05, 0.1) is 6.54 Å². The maximum atomic E-state index is 12.0. The smallest absolute Gasteiger partial charge is 0.156 e. The fourth-order valence-electron chi connectivity index (χ4n) is 2.29. The molecule has 0 fully saturated rings. The standard InChI is InChI=1S/C18H16N2O/c21-18(13-20-17-4-2-1-3-5-17)11-14-6-7-16-12-19-9-8-15(16)10-14/h1-10,12,20H,11,13H2. The van der Waals surface area contributed by atoms with Crippen molar-refractivity contribution < 1.29 is 4.79 Å². The van der Waals surface area contributed by atoms with Crippen LogP contribution in [0.25, 0.3) is 10.8 Å². The van der Waals surface area contributed by atoms with E-state index in [1.807, 2.05) is 54.7 Å². The number of Topliss-reactive ketones (excluding diaryl/α,β-unsaturated/α-hetero) is 1. The van der Waals surface area contributed by atoms with E-state index in [0.717, 1.165) is 22.0 Å². The summed E-state index contributed by atoms with van der Waals surface area (Å²) >= 11 is 0. The van der Waals surface area contributed by atoms with Gasteiger partial charge in [0.1, 0.15) is 0 Å². The Kier molecular flexibility index (Phi) is 3.92. The normalized spacial score (nSPS) is 10.5. The predicted molar refractivity (Wildman–Crippen MR) is 85.4 cm³/mol. The molecular formula is C18H16N2O. The summed E-state index contributed by atoms with van der Waals surface area (Å²) in [6, 6.07) is 17.8. The van der Waals surface area contributed by atoms with Gasteiger partial charge in [0.25, 0.3) is 0 Å². The van der Waals surface area contributed by atoms with E-state index in [9.17, 15) is 4.79 Å². The minimum atomic E-state index is 0.173. The van der Waals surface area contributed by atoms with Gasteiger partial charge in [-0.25, -0.2) is 0 Å². The van der Waals surface area contributed by atoms with Crippen molar-refractivity contribution in [3.8, 4) is 0 Å². The lowest BCUT2D eigenvalue weighted by Crippen LogP contribution is -2.15. The van der Waals surface area contributed by atoms with E-state index in [4.69, 9.17) is 0 Å².